The summed E-state index contributed by atoms with van der Waals surface area (Å²) in [6.45, 7) is 0.634. The van der Waals surface area contributed by atoms with E-state index < -0.39 is 5.97 Å². The maximum atomic E-state index is 10.8. The minimum absolute atomic E-state index is 0.124. The number of carbonyl (C=O) groups is 1. The Morgan fingerprint density at radius 1 is 1.05 bits per heavy atom. The number of ether oxygens (including phenoxy) is 3. The maximum absolute atomic E-state index is 10.8. The zero-order valence-corrected chi connectivity index (χ0v) is 12.1. The molecule has 0 aliphatic carbocycles. The van der Waals surface area contributed by atoms with Crippen LogP contribution in [0.15, 0.2) is 42.5 Å². The van der Waals surface area contributed by atoms with Crippen LogP contribution in [0.3, 0.4) is 0 Å². The van der Waals surface area contributed by atoms with Crippen LogP contribution in [0.1, 0.15) is 10.4 Å². The summed E-state index contributed by atoms with van der Waals surface area (Å²) in [6, 6.07) is 11.5. The summed E-state index contributed by atoms with van der Waals surface area (Å²) >= 11 is 0. The van der Waals surface area contributed by atoms with Gasteiger partial charge in [-0.15, -0.1) is 0 Å². The van der Waals surface area contributed by atoms with Crippen LogP contribution >= 0.6 is 0 Å². The number of methoxy groups -OCH3 is 1. The summed E-state index contributed by atoms with van der Waals surface area (Å²) in [5, 5.41) is 8.85. The molecule has 0 atom stereocenters. The average Bonchev–Trinajstić information content (AvgIpc) is 2.53. The summed E-state index contributed by atoms with van der Waals surface area (Å²) in [5.74, 6) is 0.873. The van der Waals surface area contributed by atoms with E-state index in [0.29, 0.717) is 24.7 Å². The molecule has 116 valence electrons. The summed E-state index contributed by atoms with van der Waals surface area (Å²) in [4.78, 5) is 10.8. The molecule has 3 N–H and O–H groups in total. The fourth-order valence-electron chi connectivity index (χ4n) is 1.80. The number of nitrogens with two attached hydrogens (primary N) is 1. The van der Waals surface area contributed by atoms with E-state index in [1.54, 1.807) is 31.4 Å². The van der Waals surface area contributed by atoms with E-state index in [1.807, 2.05) is 0 Å². The average molecular weight is 303 g/mol. The van der Waals surface area contributed by atoms with Gasteiger partial charge < -0.3 is 25.1 Å². The Morgan fingerprint density at radius 2 is 1.68 bits per heavy atom. The van der Waals surface area contributed by atoms with Gasteiger partial charge in [0.25, 0.3) is 0 Å². The standard InChI is InChI=1S/C16H17NO5/c1-20-12-3-5-13(6-4-12)21-8-9-22-15-7-2-11(16(18)19)10-14(15)17/h2-7,10H,8-9,17H2,1H3,(H,18,19). The van der Waals surface area contributed by atoms with Crippen molar-refractivity contribution in [1.82, 2.24) is 0 Å². The molecule has 6 nitrogen and oxygen atoms in total. The fourth-order valence-corrected chi connectivity index (χ4v) is 1.80. The number of carboxylic acids is 1. The van der Waals surface area contributed by atoms with Crippen LogP contribution in [0.5, 0.6) is 17.2 Å². The molecule has 0 heterocycles. The van der Waals surface area contributed by atoms with E-state index in [0.717, 1.165) is 5.75 Å². The van der Waals surface area contributed by atoms with Crippen molar-refractivity contribution < 1.29 is 24.1 Å². The first-order chi connectivity index (χ1) is 10.6. The molecule has 6 heteroatoms. The number of benzene rings is 2. The third-order valence-corrected chi connectivity index (χ3v) is 2.93. The lowest BCUT2D eigenvalue weighted by molar-refractivity contribution is 0.0697. The third-order valence-electron chi connectivity index (χ3n) is 2.93. The normalized spacial score (nSPS) is 10.0. The first kappa shape index (κ1) is 15.5. The van der Waals surface area contributed by atoms with Gasteiger partial charge in [0.05, 0.1) is 18.4 Å². The molecule has 2 aromatic rings. The second-order valence-corrected chi connectivity index (χ2v) is 4.43. The summed E-state index contributed by atoms with van der Waals surface area (Å²) < 4.78 is 16.0. The quantitative estimate of drug-likeness (QED) is 0.603. The predicted molar refractivity (Wildman–Crippen MR) is 81.8 cm³/mol. The zero-order chi connectivity index (χ0) is 15.9. The van der Waals surface area contributed by atoms with Gasteiger partial charge in [0.1, 0.15) is 30.5 Å². The van der Waals surface area contributed by atoms with Crippen molar-refractivity contribution >= 4 is 11.7 Å². The van der Waals surface area contributed by atoms with Crippen LogP contribution in [0.2, 0.25) is 0 Å². The summed E-state index contributed by atoms with van der Waals surface area (Å²) in [5.41, 5.74) is 6.15. The van der Waals surface area contributed by atoms with Crippen molar-refractivity contribution in [1.29, 1.82) is 0 Å². The van der Waals surface area contributed by atoms with E-state index in [9.17, 15) is 4.79 Å². The van der Waals surface area contributed by atoms with Gasteiger partial charge in [-0.1, -0.05) is 0 Å². The number of carboxylic acid groups (broad SMARTS) is 1. The first-order valence-corrected chi connectivity index (χ1v) is 6.62. The van der Waals surface area contributed by atoms with Gasteiger partial charge in [0.15, 0.2) is 0 Å². The van der Waals surface area contributed by atoms with Gasteiger partial charge in [0.2, 0.25) is 0 Å². The molecule has 0 radical (unpaired) electrons. The Kier molecular flexibility index (Phi) is 5.08. The molecule has 0 aliphatic rings. The number of aromatic carboxylic acids is 1. The fraction of sp³-hybridized carbons (Fsp3) is 0.188. The van der Waals surface area contributed by atoms with Gasteiger partial charge in [-0.25, -0.2) is 4.79 Å². The zero-order valence-electron chi connectivity index (χ0n) is 12.1. The van der Waals surface area contributed by atoms with Gasteiger partial charge >= 0.3 is 5.97 Å². The van der Waals surface area contributed by atoms with Crippen molar-refractivity contribution in [2.75, 3.05) is 26.1 Å². The van der Waals surface area contributed by atoms with Crippen molar-refractivity contribution in [3.63, 3.8) is 0 Å². The number of nitrogen functional groups attached to an aromatic ring is 1. The number of anilines is 1. The maximum Gasteiger partial charge on any atom is 0.335 e. The van der Waals surface area contributed by atoms with Crippen molar-refractivity contribution in [3.8, 4) is 17.2 Å². The molecule has 22 heavy (non-hydrogen) atoms. The number of rotatable bonds is 7. The Morgan fingerprint density at radius 3 is 2.27 bits per heavy atom. The van der Waals surface area contributed by atoms with E-state index in [1.165, 1.54) is 18.2 Å². The number of hydrogen-bond acceptors (Lipinski definition) is 5. The number of hydrogen-bond donors (Lipinski definition) is 2. The van der Waals surface area contributed by atoms with Crippen LogP contribution in [-0.2, 0) is 0 Å². The molecule has 0 bridgehead atoms. The monoisotopic (exact) mass is 303 g/mol. The second-order valence-electron chi connectivity index (χ2n) is 4.43. The van der Waals surface area contributed by atoms with Crippen molar-refractivity contribution in [2.24, 2.45) is 0 Å². The Balaban J connectivity index is 1.82. The molecule has 0 fully saturated rings. The molecule has 0 saturated heterocycles. The van der Waals surface area contributed by atoms with E-state index in [-0.39, 0.29) is 11.3 Å². The Labute approximate surface area is 128 Å². The van der Waals surface area contributed by atoms with Gasteiger partial charge in [-0.2, -0.15) is 0 Å². The molecule has 0 unspecified atom stereocenters. The highest BCUT2D eigenvalue weighted by atomic mass is 16.5. The van der Waals surface area contributed by atoms with E-state index in [2.05, 4.69) is 0 Å². The van der Waals surface area contributed by atoms with Crippen LogP contribution in [-0.4, -0.2) is 31.4 Å². The predicted octanol–water partition coefficient (Wildman–Crippen LogP) is 2.43. The molecule has 0 spiro atoms. The smallest absolute Gasteiger partial charge is 0.335 e. The molecule has 2 rings (SSSR count). The SMILES string of the molecule is COc1ccc(OCCOc2ccc(C(=O)O)cc2N)cc1. The molecule has 0 amide bonds. The second kappa shape index (κ2) is 7.21. The third kappa shape index (κ3) is 4.05. The topological polar surface area (TPSA) is 91.0 Å². The van der Waals surface area contributed by atoms with E-state index in [4.69, 9.17) is 25.1 Å². The van der Waals surface area contributed by atoms with Crippen LogP contribution in [0.25, 0.3) is 0 Å². The first-order valence-electron chi connectivity index (χ1n) is 6.62. The minimum Gasteiger partial charge on any atom is -0.497 e. The molecular formula is C16H17NO5. The van der Waals surface area contributed by atoms with Crippen LogP contribution in [0, 0.1) is 0 Å². The lowest BCUT2D eigenvalue weighted by Crippen LogP contribution is -2.10. The van der Waals surface area contributed by atoms with Gasteiger partial charge in [-0.05, 0) is 42.5 Å². The van der Waals surface area contributed by atoms with Gasteiger partial charge in [-0.3, -0.25) is 0 Å². The van der Waals surface area contributed by atoms with Crippen molar-refractivity contribution in [2.45, 2.75) is 0 Å². The molecule has 0 aromatic heterocycles. The lowest BCUT2D eigenvalue weighted by Gasteiger charge is -2.11. The van der Waals surface area contributed by atoms with Crippen molar-refractivity contribution in [3.05, 3.63) is 48.0 Å². The van der Waals surface area contributed by atoms with Crippen LogP contribution in [0.4, 0.5) is 5.69 Å². The van der Waals surface area contributed by atoms with Crippen LogP contribution < -0.4 is 19.9 Å². The molecule has 2 aromatic carbocycles. The Hall–Kier alpha value is -2.89. The van der Waals surface area contributed by atoms with Gasteiger partial charge in [0, 0.05) is 0 Å². The minimum atomic E-state index is -1.03. The molecular weight excluding hydrogens is 286 g/mol. The lowest BCUT2D eigenvalue weighted by atomic mass is 10.2. The van der Waals surface area contributed by atoms with E-state index >= 15 is 0 Å². The molecule has 0 aliphatic heterocycles. The Bertz CT molecular complexity index is 639. The highest BCUT2D eigenvalue weighted by Crippen LogP contribution is 2.22. The largest absolute Gasteiger partial charge is 0.497 e. The highest BCUT2D eigenvalue weighted by Gasteiger charge is 2.07. The highest BCUT2D eigenvalue weighted by molar-refractivity contribution is 5.89. The summed E-state index contributed by atoms with van der Waals surface area (Å²) in [7, 11) is 1.60. The molecule has 0 saturated carbocycles. The summed E-state index contributed by atoms with van der Waals surface area (Å²) in [6.07, 6.45) is 0.